The average molecular weight is 554 g/mol. The van der Waals surface area contributed by atoms with Gasteiger partial charge in [0, 0.05) is 32.0 Å². The SMILES string of the molecule is COc1cc(-c2cc(F)cc(C(C)C)c2CC(=O)NS(=O)(=O)c2c(Cl)cc(N(C)C)cc2Cl)ccn1. The Morgan fingerprint density at radius 1 is 1.14 bits per heavy atom. The number of pyridine rings is 1. The number of aromatic nitrogens is 1. The molecule has 0 unspecified atom stereocenters. The Morgan fingerprint density at radius 2 is 1.78 bits per heavy atom. The zero-order valence-electron chi connectivity index (χ0n) is 20.4. The van der Waals surface area contributed by atoms with Gasteiger partial charge in [0.25, 0.3) is 10.0 Å². The third kappa shape index (κ3) is 6.08. The summed E-state index contributed by atoms with van der Waals surface area (Å²) in [6.45, 7) is 3.71. The van der Waals surface area contributed by atoms with E-state index in [2.05, 4.69) is 9.71 Å². The molecule has 11 heteroatoms. The van der Waals surface area contributed by atoms with Crippen molar-refractivity contribution in [2.45, 2.75) is 31.1 Å². The van der Waals surface area contributed by atoms with Gasteiger partial charge in [0.05, 0.1) is 23.6 Å². The predicted molar refractivity (Wildman–Crippen MR) is 140 cm³/mol. The van der Waals surface area contributed by atoms with Gasteiger partial charge in [0.2, 0.25) is 11.8 Å². The Bertz CT molecular complexity index is 1390. The first-order valence-electron chi connectivity index (χ1n) is 10.9. The van der Waals surface area contributed by atoms with E-state index in [1.165, 1.54) is 37.6 Å². The second kappa shape index (κ2) is 11.0. The molecule has 1 amide bonds. The lowest BCUT2D eigenvalue weighted by molar-refractivity contribution is -0.118. The van der Waals surface area contributed by atoms with Crippen molar-refractivity contribution in [1.29, 1.82) is 0 Å². The molecule has 0 radical (unpaired) electrons. The van der Waals surface area contributed by atoms with E-state index in [1.807, 2.05) is 13.8 Å². The Hall–Kier alpha value is -2.88. The first-order chi connectivity index (χ1) is 16.8. The Balaban J connectivity index is 2.02. The molecule has 192 valence electrons. The van der Waals surface area contributed by atoms with Crippen LogP contribution in [0, 0.1) is 5.82 Å². The number of nitrogens with one attached hydrogen (secondary N) is 1. The molecule has 36 heavy (non-hydrogen) atoms. The van der Waals surface area contributed by atoms with Gasteiger partial charge in [0.1, 0.15) is 10.7 Å². The van der Waals surface area contributed by atoms with Gasteiger partial charge < -0.3 is 9.64 Å². The second-order valence-electron chi connectivity index (χ2n) is 8.60. The van der Waals surface area contributed by atoms with E-state index >= 15 is 0 Å². The summed E-state index contributed by atoms with van der Waals surface area (Å²) in [5.41, 5.74) is 2.64. The highest BCUT2D eigenvalue weighted by Gasteiger charge is 2.27. The summed E-state index contributed by atoms with van der Waals surface area (Å²) in [6.07, 6.45) is 1.17. The maximum atomic E-state index is 14.6. The van der Waals surface area contributed by atoms with Crippen molar-refractivity contribution >= 4 is 44.8 Å². The van der Waals surface area contributed by atoms with Gasteiger partial charge in [-0.05, 0) is 58.5 Å². The molecule has 0 saturated heterocycles. The van der Waals surface area contributed by atoms with Crippen LogP contribution in [0.4, 0.5) is 10.1 Å². The van der Waals surface area contributed by atoms with Crippen molar-refractivity contribution in [2.24, 2.45) is 0 Å². The number of halogens is 3. The molecular formula is C25H26Cl2FN3O4S. The molecule has 1 aromatic heterocycles. The third-order valence-corrected chi connectivity index (χ3v) is 7.77. The average Bonchev–Trinajstić information content (AvgIpc) is 2.78. The Morgan fingerprint density at radius 3 is 2.33 bits per heavy atom. The summed E-state index contributed by atoms with van der Waals surface area (Å²) in [4.78, 5) is 18.4. The van der Waals surface area contributed by atoms with Crippen molar-refractivity contribution in [2.75, 3.05) is 26.1 Å². The lowest BCUT2D eigenvalue weighted by Crippen LogP contribution is -2.32. The Kier molecular flexibility index (Phi) is 8.48. The van der Waals surface area contributed by atoms with Gasteiger partial charge in [0.15, 0.2) is 0 Å². The van der Waals surface area contributed by atoms with Crippen LogP contribution in [-0.2, 0) is 21.2 Å². The number of amides is 1. The monoisotopic (exact) mass is 553 g/mol. The van der Waals surface area contributed by atoms with E-state index in [0.717, 1.165) is 0 Å². The maximum absolute atomic E-state index is 14.6. The van der Waals surface area contributed by atoms with Gasteiger partial charge >= 0.3 is 0 Å². The van der Waals surface area contributed by atoms with Crippen LogP contribution in [0.5, 0.6) is 5.88 Å². The van der Waals surface area contributed by atoms with Crippen LogP contribution in [0.15, 0.2) is 47.5 Å². The largest absolute Gasteiger partial charge is 0.481 e. The fourth-order valence-corrected chi connectivity index (χ4v) is 5.97. The number of rotatable bonds is 8. The normalized spacial score (nSPS) is 11.5. The van der Waals surface area contributed by atoms with Crippen LogP contribution in [0.1, 0.15) is 30.9 Å². The number of hydrogen-bond donors (Lipinski definition) is 1. The standard InChI is InChI=1S/C25H26Cl2FN3O4S/c1-14(2)18-9-16(28)10-19(15-6-7-29-24(8-15)35-5)20(18)13-23(32)30-36(33,34)25-21(26)11-17(31(3)4)12-22(25)27/h6-12,14H,13H2,1-5H3,(H,30,32). The summed E-state index contributed by atoms with van der Waals surface area (Å²) >= 11 is 12.4. The van der Waals surface area contributed by atoms with E-state index in [9.17, 15) is 17.6 Å². The highest BCUT2D eigenvalue weighted by molar-refractivity contribution is 7.90. The lowest BCUT2D eigenvalue weighted by atomic mass is 9.88. The molecule has 0 saturated carbocycles. The van der Waals surface area contributed by atoms with E-state index in [1.54, 1.807) is 31.1 Å². The first-order valence-corrected chi connectivity index (χ1v) is 13.1. The second-order valence-corrected chi connectivity index (χ2v) is 11.0. The van der Waals surface area contributed by atoms with Crippen LogP contribution in [0.25, 0.3) is 11.1 Å². The van der Waals surface area contributed by atoms with Gasteiger partial charge in [-0.1, -0.05) is 37.0 Å². The van der Waals surface area contributed by atoms with Crippen LogP contribution in [-0.4, -0.2) is 40.5 Å². The van der Waals surface area contributed by atoms with E-state index in [4.69, 9.17) is 27.9 Å². The van der Waals surface area contributed by atoms with E-state index in [-0.39, 0.29) is 22.4 Å². The lowest BCUT2D eigenvalue weighted by Gasteiger charge is -2.19. The summed E-state index contributed by atoms with van der Waals surface area (Å²) in [6, 6.07) is 8.80. The van der Waals surface area contributed by atoms with Crippen LogP contribution >= 0.6 is 23.2 Å². The topological polar surface area (TPSA) is 88.6 Å². The number of anilines is 1. The molecule has 7 nitrogen and oxygen atoms in total. The fraction of sp³-hybridized carbons (Fsp3) is 0.280. The Labute approximate surface area is 220 Å². The maximum Gasteiger partial charge on any atom is 0.267 e. The zero-order valence-corrected chi connectivity index (χ0v) is 22.7. The molecule has 0 aliphatic heterocycles. The number of carbonyl (C=O) groups excluding carboxylic acids is 1. The molecule has 0 spiro atoms. The highest BCUT2D eigenvalue weighted by Crippen LogP contribution is 2.35. The summed E-state index contributed by atoms with van der Waals surface area (Å²) in [5, 5.41) is -0.249. The number of ether oxygens (including phenoxy) is 1. The van der Waals surface area contributed by atoms with E-state index < -0.39 is 26.6 Å². The van der Waals surface area contributed by atoms with Crippen LogP contribution in [0.2, 0.25) is 10.0 Å². The van der Waals surface area contributed by atoms with Crippen molar-refractivity contribution in [3.8, 4) is 17.0 Å². The van der Waals surface area contributed by atoms with Crippen molar-refractivity contribution < 1.29 is 22.3 Å². The highest BCUT2D eigenvalue weighted by atomic mass is 35.5. The molecule has 2 aromatic carbocycles. The van der Waals surface area contributed by atoms with Gasteiger partial charge in [-0.2, -0.15) is 0 Å². The first kappa shape index (κ1) is 27.7. The minimum atomic E-state index is -4.40. The van der Waals surface area contributed by atoms with Crippen molar-refractivity contribution in [3.05, 3.63) is 69.6 Å². The molecule has 0 aliphatic carbocycles. The van der Waals surface area contributed by atoms with Crippen LogP contribution < -0.4 is 14.4 Å². The smallest absolute Gasteiger partial charge is 0.267 e. The molecule has 1 N–H and O–H groups in total. The van der Waals surface area contributed by atoms with Crippen molar-refractivity contribution in [1.82, 2.24) is 9.71 Å². The number of hydrogen-bond acceptors (Lipinski definition) is 6. The number of methoxy groups -OCH3 is 1. The van der Waals surface area contributed by atoms with Crippen LogP contribution in [0.3, 0.4) is 0 Å². The third-order valence-electron chi connectivity index (χ3n) is 5.48. The molecule has 0 fully saturated rings. The summed E-state index contributed by atoms with van der Waals surface area (Å²) in [5.74, 6) is -1.15. The van der Waals surface area contributed by atoms with Gasteiger partial charge in [-0.15, -0.1) is 0 Å². The zero-order chi connectivity index (χ0) is 26.8. The number of benzene rings is 2. The molecule has 0 aliphatic rings. The molecule has 0 bridgehead atoms. The summed E-state index contributed by atoms with van der Waals surface area (Å²) < 4.78 is 47.9. The van der Waals surface area contributed by atoms with Gasteiger partial charge in [-0.25, -0.2) is 22.5 Å². The molecule has 0 atom stereocenters. The molecule has 3 rings (SSSR count). The van der Waals surface area contributed by atoms with Crippen molar-refractivity contribution in [3.63, 3.8) is 0 Å². The quantitative estimate of drug-likeness (QED) is 0.399. The summed E-state index contributed by atoms with van der Waals surface area (Å²) in [7, 11) is 0.563. The molecule has 3 aromatic rings. The minimum Gasteiger partial charge on any atom is -0.481 e. The molecular weight excluding hydrogens is 528 g/mol. The molecule has 1 heterocycles. The predicted octanol–water partition coefficient (Wildman–Crippen LogP) is 5.44. The number of carbonyl (C=O) groups is 1. The van der Waals surface area contributed by atoms with Gasteiger partial charge in [-0.3, -0.25) is 4.79 Å². The number of sulfonamides is 1. The fourth-order valence-electron chi connectivity index (χ4n) is 3.78. The van der Waals surface area contributed by atoms with E-state index in [0.29, 0.717) is 33.8 Å². The number of nitrogens with zero attached hydrogens (tertiary/aromatic N) is 2. The minimum absolute atomic E-state index is 0.124.